The van der Waals surface area contributed by atoms with Gasteiger partial charge in [0.25, 0.3) is 0 Å². The molecule has 0 radical (unpaired) electrons. The third-order valence-electron chi connectivity index (χ3n) is 3.13. The van der Waals surface area contributed by atoms with Crippen LogP contribution in [0.1, 0.15) is 53.4 Å². The van der Waals surface area contributed by atoms with Crippen molar-refractivity contribution in [2.45, 2.75) is 53.4 Å². The molecule has 0 rings (SSSR count). The molecule has 0 bridgehead atoms. The maximum Gasteiger partial charge on any atom is 0.303 e. The molecule has 0 aromatic carbocycles. The number of unbranched alkanes of at least 4 members (excludes halogenated alkanes) is 1. The fourth-order valence-electron chi connectivity index (χ4n) is 1.22. The largest absolute Gasteiger partial charge is 0.481 e. The Morgan fingerprint density at radius 2 is 1.71 bits per heavy atom. The number of hydrogen-bond donors (Lipinski definition) is 2. The van der Waals surface area contributed by atoms with Gasteiger partial charge in [-0.2, -0.15) is 0 Å². The molecular weight excluding hydrogens is 218 g/mol. The molecule has 4 heteroatoms. The first kappa shape index (κ1) is 15.9. The van der Waals surface area contributed by atoms with Gasteiger partial charge < -0.3 is 10.4 Å². The summed E-state index contributed by atoms with van der Waals surface area (Å²) in [5.74, 6) is -0.358. The predicted octanol–water partition coefficient (Wildman–Crippen LogP) is 2.43. The Balaban J connectivity index is 3.63. The van der Waals surface area contributed by atoms with Crippen LogP contribution in [0.3, 0.4) is 0 Å². The van der Waals surface area contributed by atoms with Crippen molar-refractivity contribution in [3.05, 3.63) is 0 Å². The molecule has 1 atom stereocenters. The number of hydrogen-bond acceptors (Lipinski definition) is 2. The van der Waals surface area contributed by atoms with Crippen molar-refractivity contribution in [3.63, 3.8) is 0 Å². The molecule has 0 spiro atoms. The van der Waals surface area contributed by atoms with E-state index >= 15 is 0 Å². The molecule has 100 valence electrons. The fraction of sp³-hybridized carbons (Fsp3) is 0.846. The van der Waals surface area contributed by atoms with Gasteiger partial charge in [0, 0.05) is 19.4 Å². The molecular formula is C13H25NO3. The number of carboxylic acids is 1. The number of amides is 1. The van der Waals surface area contributed by atoms with Crippen molar-refractivity contribution < 1.29 is 14.7 Å². The summed E-state index contributed by atoms with van der Waals surface area (Å²) in [7, 11) is 0. The first-order valence-electron chi connectivity index (χ1n) is 6.22. The summed E-state index contributed by atoms with van der Waals surface area (Å²) >= 11 is 0. The van der Waals surface area contributed by atoms with Crippen LogP contribution in [0.4, 0.5) is 0 Å². The lowest BCUT2D eigenvalue weighted by Gasteiger charge is -2.27. The van der Waals surface area contributed by atoms with Crippen LogP contribution in [0, 0.1) is 11.3 Å². The van der Waals surface area contributed by atoms with E-state index in [0.29, 0.717) is 31.7 Å². The summed E-state index contributed by atoms with van der Waals surface area (Å²) in [6.45, 7) is 9.25. The summed E-state index contributed by atoms with van der Waals surface area (Å²) in [6.07, 6.45) is 1.77. The van der Waals surface area contributed by atoms with E-state index in [-0.39, 0.29) is 17.7 Å². The Kier molecular flexibility index (Phi) is 6.85. The predicted molar refractivity (Wildman–Crippen MR) is 67.7 cm³/mol. The highest BCUT2D eigenvalue weighted by molar-refractivity contribution is 5.75. The van der Waals surface area contributed by atoms with Gasteiger partial charge in [0.2, 0.25) is 5.91 Å². The molecule has 4 nitrogen and oxygen atoms in total. The van der Waals surface area contributed by atoms with E-state index in [1.165, 1.54) is 0 Å². The Morgan fingerprint density at radius 1 is 1.18 bits per heavy atom. The van der Waals surface area contributed by atoms with Crippen molar-refractivity contribution >= 4 is 11.9 Å². The summed E-state index contributed by atoms with van der Waals surface area (Å²) in [5.41, 5.74) is 0.191. The Hall–Kier alpha value is -1.06. The fourth-order valence-corrected chi connectivity index (χ4v) is 1.22. The van der Waals surface area contributed by atoms with Crippen molar-refractivity contribution in [3.8, 4) is 0 Å². The summed E-state index contributed by atoms with van der Waals surface area (Å²) < 4.78 is 0. The molecule has 0 aromatic heterocycles. The number of aliphatic carboxylic acids is 1. The van der Waals surface area contributed by atoms with Gasteiger partial charge in [-0.25, -0.2) is 0 Å². The summed E-state index contributed by atoms with van der Waals surface area (Å²) in [4.78, 5) is 21.7. The zero-order chi connectivity index (χ0) is 13.5. The van der Waals surface area contributed by atoms with Crippen LogP contribution in [0.15, 0.2) is 0 Å². The van der Waals surface area contributed by atoms with Gasteiger partial charge in [0.05, 0.1) is 0 Å². The molecule has 1 unspecified atom stereocenters. The Morgan fingerprint density at radius 3 is 2.18 bits per heavy atom. The molecule has 0 heterocycles. The van der Waals surface area contributed by atoms with Crippen LogP contribution in [0.5, 0.6) is 0 Å². The summed E-state index contributed by atoms with van der Waals surface area (Å²) in [6, 6.07) is 0. The topological polar surface area (TPSA) is 66.4 Å². The van der Waals surface area contributed by atoms with Gasteiger partial charge in [-0.15, -0.1) is 0 Å². The first-order chi connectivity index (χ1) is 7.73. The van der Waals surface area contributed by atoms with Crippen LogP contribution in [-0.2, 0) is 9.59 Å². The number of nitrogens with one attached hydrogen (secondary N) is 1. The van der Waals surface area contributed by atoms with Crippen LogP contribution < -0.4 is 5.32 Å². The lowest BCUT2D eigenvalue weighted by atomic mass is 9.82. The van der Waals surface area contributed by atoms with E-state index in [4.69, 9.17) is 5.11 Å². The smallest absolute Gasteiger partial charge is 0.303 e. The standard InChI is InChI=1S/C13H25NO3/c1-10(13(2,3)4)9-14-11(15)7-5-6-8-12(16)17/h10H,5-9H2,1-4H3,(H,14,15)(H,16,17). The monoisotopic (exact) mass is 243 g/mol. The van der Waals surface area contributed by atoms with Gasteiger partial charge in [0.1, 0.15) is 0 Å². The molecule has 1 amide bonds. The second kappa shape index (κ2) is 7.30. The van der Waals surface area contributed by atoms with E-state index in [1.54, 1.807) is 0 Å². The minimum absolute atomic E-state index is 0.0199. The number of rotatable bonds is 7. The van der Waals surface area contributed by atoms with Crippen LogP contribution >= 0.6 is 0 Å². The quantitative estimate of drug-likeness (QED) is 0.675. The van der Waals surface area contributed by atoms with E-state index in [0.717, 1.165) is 0 Å². The number of carbonyl (C=O) groups is 2. The first-order valence-corrected chi connectivity index (χ1v) is 6.22. The number of carboxylic acid groups (broad SMARTS) is 1. The molecule has 0 fully saturated rings. The third kappa shape index (κ3) is 8.72. The van der Waals surface area contributed by atoms with Crippen molar-refractivity contribution in [1.29, 1.82) is 0 Å². The van der Waals surface area contributed by atoms with Crippen LogP contribution in [0.25, 0.3) is 0 Å². The van der Waals surface area contributed by atoms with Crippen LogP contribution in [-0.4, -0.2) is 23.5 Å². The Bertz CT molecular complexity index is 256. The molecule has 0 saturated carbocycles. The van der Waals surface area contributed by atoms with Crippen molar-refractivity contribution in [2.75, 3.05) is 6.54 Å². The number of carbonyl (C=O) groups excluding carboxylic acids is 1. The Labute approximate surface area is 104 Å². The van der Waals surface area contributed by atoms with Gasteiger partial charge in [-0.1, -0.05) is 27.7 Å². The van der Waals surface area contributed by atoms with Crippen molar-refractivity contribution in [2.24, 2.45) is 11.3 Å². The van der Waals surface area contributed by atoms with Crippen LogP contribution in [0.2, 0.25) is 0 Å². The van der Waals surface area contributed by atoms with E-state index in [9.17, 15) is 9.59 Å². The van der Waals surface area contributed by atoms with E-state index in [2.05, 4.69) is 33.0 Å². The minimum atomic E-state index is -0.799. The van der Waals surface area contributed by atoms with Gasteiger partial charge in [-0.3, -0.25) is 9.59 Å². The maximum atomic E-state index is 11.5. The maximum absolute atomic E-state index is 11.5. The second-order valence-corrected chi connectivity index (χ2v) is 5.67. The molecule has 2 N–H and O–H groups in total. The summed E-state index contributed by atoms with van der Waals surface area (Å²) in [5, 5.41) is 11.3. The zero-order valence-corrected chi connectivity index (χ0v) is 11.4. The molecule has 0 aromatic rings. The zero-order valence-electron chi connectivity index (χ0n) is 11.4. The molecule has 0 aliphatic heterocycles. The lowest BCUT2D eigenvalue weighted by molar-refractivity contribution is -0.137. The lowest BCUT2D eigenvalue weighted by Crippen LogP contribution is -2.33. The highest BCUT2D eigenvalue weighted by Crippen LogP contribution is 2.24. The van der Waals surface area contributed by atoms with E-state index in [1.807, 2.05) is 0 Å². The van der Waals surface area contributed by atoms with E-state index < -0.39 is 5.97 Å². The average molecular weight is 243 g/mol. The van der Waals surface area contributed by atoms with Crippen molar-refractivity contribution in [1.82, 2.24) is 5.32 Å². The van der Waals surface area contributed by atoms with Gasteiger partial charge >= 0.3 is 5.97 Å². The van der Waals surface area contributed by atoms with Gasteiger partial charge in [0.15, 0.2) is 0 Å². The normalized spacial score (nSPS) is 13.2. The third-order valence-corrected chi connectivity index (χ3v) is 3.13. The van der Waals surface area contributed by atoms with Gasteiger partial charge in [-0.05, 0) is 24.2 Å². The highest BCUT2D eigenvalue weighted by Gasteiger charge is 2.20. The SMILES string of the molecule is CC(CNC(=O)CCCCC(=O)O)C(C)(C)C. The highest BCUT2D eigenvalue weighted by atomic mass is 16.4. The second-order valence-electron chi connectivity index (χ2n) is 5.67. The molecule has 0 aliphatic carbocycles. The molecule has 0 saturated heterocycles. The average Bonchev–Trinajstić information content (AvgIpc) is 2.19. The molecule has 0 aliphatic rings. The minimum Gasteiger partial charge on any atom is -0.481 e. The molecule has 17 heavy (non-hydrogen) atoms.